The van der Waals surface area contributed by atoms with Crippen LogP contribution in [0.25, 0.3) is 0 Å². The fraction of sp³-hybridized carbons (Fsp3) is 1.00. The first kappa shape index (κ1) is 15.9. The Morgan fingerprint density at radius 3 is 2.25 bits per heavy atom. The Morgan fingerprint density at radius 2 is 1.81 bits per heavy atom. The molecule has 0 amide bonds. The quantitative estimate of drug-likeness (QED) is 0.646. The van der Waals surface area contributed by atoms with E-state index in [9.17, 15) is 8.42 Å². The molecule has 0 atom stereocenters. The van der Waals surface area contributed by atoms with Crippen LogP contribution in [0.5, 0.6) is 0 Å². The van der Waals surface area contributed by atoms with E-state index in [1.807, 2.05) is 14.1 Å². The van der Waals surface area contributed by atoms with Crippen LogP contribution in [0.3, 0.4) is 0 Å². The fourth-order valence-electron chi connectivity index (χ4n) is 1.11. The standard InChI is InChI=1S/C11H26N2O2S/c1-6-16(14,15)9-7-8-12-10-11(2,3)13(4)5/h12H,6-10H2,1-5H3. The molecule has 0 saturated heterocycles. The van der Waals surface area contributed by atoms with Crippen LogP contribution in [0.2, 0.25) is 0 Å². The summed E-state index contributed by atoms with van der Waals surface area (Å²) in [6, 6.07) is 0. The number of rotatable bonds is 8. The lowest BCUT2D eigenvalue weighted by Crippen LogP contribution is -2.47. The van der Waals surface area contributed by atoms with Gasteiger partial charge in [0.2, 0.25) is 0 Å². The van der Waals surface area contributed by atoms with E-state index in [4.69, 9.17) is 0 Å². The van der Waals surface area contributed by atoms with Gasteiger partial charge in [-0.25, -0.2) is 8.42 Å². The second-order valence-corrected chi connectivity index (χ2v) is 7.45. The largest absolute Gasteiger partial charge is 0.315 e. The van der Waals surface area contributed by atoms with Gasteiger partial charge in [-0.1, -0.05) is 6.92 Å². The molecule has 5 heteroatoms. The lowest BCUT2D eigenvalue weighted by molar-refractivity contribution is 0.190. The molecule has 16 heavy (non-hydrogen) atoms. The third-order valence-electron chi connectivity index (χ3n) is 3.02. The van der Waals surface area contributed by atoms with Crippen molar-refractivity contribution in [2.45, 2.75) is 32.7 Å². The molecule has 1 N–H and O–H groups in total. The maximum atomic E-state index is 11.2. The lowest BCUT2D eigenvalue weighted by atomic mass is 10.0. The molecular weight excluding hydrogens is 224 g/mol. The van der Waals surface area contributed by atoms with Gasteiger partial charge in [0.25, 0.3) is 0 Å². The molecular formula is C11H26N2O2S. The third-order valence-corrected chi connectivity index (χ3v) is 4.81. The van der Waals surface area contributed by atoms with Gasteiger partial charge in [0, 0.05) is 17.8 Å². The molecule has 0 unspecified atom stereocenters. The summed E-state index contributed by atoms with van der Waals surface area (Å²) in [6.45, 7) is 7.63. The maximum Gasteiger partial charge on any atom is 0.150 e. The molecule has 0 heterocycles. The van der Waals surface area contributed by atoms with Gasteiger partial charge in [0.1, 0.15) is 9.84 Å². The number of sulfone groups is 1. The Hall–Kier alpha value is -0.130. The number of likely N-dealkylation sites (N-methyl/N-ethyl adjacent to an activating group) is 1. The minimum Gasteiger partial charge on any atom is -0.315 e. The Kier molecular flexibility index (Phi) is 6.51. The third kappa shape index (κ3) is 6.45. The summed E-state index contributed by atoms with van der Waals surface area (Å²) < 4.78 is 22.5. The minimum absolute atomic E-state index is 0.101. The highest BCUT2D eigenvalue weighted by Gasteiger charge is 2.19. The maximum absolute atomic E-state index is 11.2. The van der Waals surface area contributed by atoms with Gasteiger partial charge in [-0.3, -0.25) is 0 Å². The molecule has 0 radical (unpaired) electrons. The average molecular weight is 250 g/mol. The van der Waals surface area contributed by atoms with E-state index < -0.39 is 9.84 Å². The normalized spacial score (nSPS) is 13.4. The van der Waals surface area contributed by atoms with Crippen molar-refractivity contribution in [3.8, 4) is 0 Å². The predicted molar refractivity (Wildman–Crippen MR) is 69.6 cm³/mol. The van der Waals surface area contributed by atoms with E-state index in [1.54, 1.807) is 6.92 Å². The van der Waals surface area contributed by atoms with Gasteiger partial charge in [-0.05, 0) is 40.9 Å². The molecule has 0 aromatic carbocycles. The topological polar surface area (TPSA) is 49.4 Å². The molecule has 98 valence electrons. The number of hydrogen-bond donors (Lipinski definition) is 1. The van der Waals surface area contributed by atoms with Crippen molar-refractivity contribution < 1.29 is 8.42 Å². The molecule has 0 rings (SSSR count). The molecule has 4 nitrogen and oxygen atoms in total. The summed E-state index contributed by atoms with van der Waals surface area (Å²) in [7, 11) is 1.29. The van der Waals surface area contributed by atoms with Crippen LogP contribution < -0.4 is 5.32 Å². The SMILES string of the molecule is CCS(=O)(=O)CCCNCC(C)(C)N(C)C. The number of nitrogens with zero attached hydrogens (tertiary/aromatic N) is 1. The van der Waals surface area contributed by atoms with Crippen molar-refractivity contribution in [3.63, 3.8) is 0 Å². The average Bonchev–Trinajstić information content (AvgIpc) is 2.16. The summed E-state index contributed by atoms with van der Waals surface area (Å²) in [4.78, 5) is 2.16. The van der Waals surface area contributed by atoms with Crippen LogP contribution in [0.4, 0.5) is 0 Å². The van der Waals surface area contributed by atoms with Crippen LogP contribution in [0.1, 0.15) is 27.2 Å². The summed E-state index contributed by atoms with van der Waals surface area (Å²) in [5, 5.41) is 3.30. The molecule has 0 aromatic rings. The van der Waals surface area contributed by atoms with Crippen molar-refractivity contribution in [1.82, 2.24) is 10.2 Å². The van der Waals surface area contributed by atoms with E-state index in [-0.39, 0.29) is 11.3 Å². The van der Waals surface area contributed by atoms with Crippen molar-refractivity contribution in [3.05, 3.63) is 0 Å². The monoisotopic (exact) mass is 250 g/mol. The van der Waals surface area contributed by atoms with E-state index in [2.05, 4.69) is 24.1 Å². The van der Waals surface area contributed by atoms with Crippen molar-refractivity contribution in [2.24, 2.45) is 0 Å². The van der Waals surface area contributed by atoms with Crippen LogP contribution in [-0.4, -0.2) is 57.5 Å². The Bertz CT molecular complexity index is 284. The summed E-state index contributed by atoms with van der Waals surface area (Å²) in [6.07, 6.45) is 0.694. The Morgan fingerprint density at radius 1 is 1.25 bits per heavy atom. The minimum atomic E-state index is -2.80. The molecule has 0 aliphatic heterocycles. The molecule has 0 fully saturated rings. The molecule has 0 bridgehead atoms. The number of hydrogen-bond acceptors (Lipinski definition) is 4. The van der Waals surface area contributed by atoms with Crippen LogP contribution in [-0.2, 0) is 9.84 Å². The molecule has 0 aliphatic carbocycles. The van der Waals surface area contributed by atoms with E-state index >= 15 is 0 Å². The van der Waals surface area contributed by atoms with Gasteiger partial charge in [0.15, 0.2) is 0 Å². The Balaban J connectivity index is 3.70. The second kappa shape index (κ2) is 6.57. The molecule has 0 aliphatic rings. The van der Waals surface area contributed by atoms with Gasteiger partial charge < -0.3 is 10.2 Å². The van der Waals surface area contributed by atoms with Gasteiger partial charge >= 0.3 is 0 Å². The zero-order chi connectivity index (χ0) is 12.8. The molecule has 0 saturated carbocycles. The van der Waals surface area contributed by atoms with Crippen molar-refractivity contribution in [1.29, 1.82) is 0 Å². The first-order valence-corrected chi connectivity index (χ1v) is 7.62. The predicted octanol–water partition coefficient (Wildman–Crippen LogP) is 0.741. The van der Waals surface area contributed by atoms with Crippen molar-refractivity contribution in [2.75, 3.05) is 38.7 Å². The van der Waals surface area contributed by atoms with Gasteiger partial charge in [0.05, 0.1) is 5.75 Å². The fourth-order valence-corrected chi connectivity index (χ4v) is 1.99. The van der Waals surface area contributed by atoms with E-state index in [0.717, 1.165) is 13.1 Å². The van der Waals surface area contributed by atoms with E-state index in [0.29, 0.717) is 12.2 Å². The Labute approximate surface area is 100 Å². The zero-order valence-electron chi connectivity index (χ0n) is 11.2. The van der Waals surface area contributed by atoms with Gasteiger partial charge in [-0.15, -0.1) is 0 Å². The summed E-state index contributed by atoms with van der Waals surface area (Å²) in [5.41, 5.74) is 0.101. The van der Waals surface area contributed by atoms with Crippen LogP contribution >= 0.6 is 0 Å². The molecule has 0 aromatic heterocycles. The first-order valence-electron chi connectivity index (χ1n) is 5.80. The smallest absolute Gasteiger partial charge is 0.150 e. The van der Waals surface area contributed by atoms with Crippen molar-refractivity contribution >= 4 is 9.84 Å². The van der Waals surface area contributed by atoms with Crippen LogP contribution in [0, 0.1) is 0 Å². The van der Waals surface area contributed by atoms with Gasteiger partial charge in [-0.2, -0.15) is 0 Å². The highest BCUT2D eigenvalue weighted by atomic mass is 32.2. The highest BCUT2D eigenvalue weighted by Crippen LogP contribution is 2.07. The highest BCUT2D eigenvalue weighted by molar-refractivity contribution is 7.91. The van der Waals surface area contributed by atoms with Crippen LogP contribution in [0.15, 0.2) is 0 Å². The summed E-state index contributed by atoms with van der Waals surface area (Å²) >= 11 is 0. The summed E-state index contributed by atoms with van der Waals surface area (Å²) in [5.74, 6) is 0.537. The molecule has 0 spiro atoms. The number of nitrogens with one attached hydrogen (secondary N) is 1. The lowest BCUT2D eigenvalue weighted by Gasteiger charge is -2.32. The second-order valence-electron chi connectivity index (χ2n) is 4.97. The van der Waals surface area contributed by atoms with E-state index in [1.165, 1.54) is 0 Å². The zero-order valence-corrected chi connectivity index (χ0v) is 12.0. The first-order chi connectivity index (χ1) is 7.21.